The minimum absolute atomic E-state index is 0.0558. The summed E-state index contributed by atoms with van der Waals surface area (Å²) in [5.41, 5.74) is 0.0558. The van der Waals surface area contributed by atoms with Gasteiger partial charge in [-0.25, -0.2) is 9.71 Å². The Morgan fingerprint density at radius 3 is 2.50 bits per heavy atom. The van der Waals surface area contributed by atoms with Gasteiger partial charge in [0.05, 0.1) is 19.5 Å². The smallest absolute Gasteiger partial charge is 0.408 e. The number of halogens is 4. The van der Waals surface area contributed by atoms with Crippen LogP contribution in [0.15, 0.2) is 41.7 Å². The van der Waals surface area contributed by atoms with Crippen molar-refractivity contribution >= 4 is 23.5 Å². The first-order valence-corrected chi connectivity index (χ1v) is 7.20. The van der Waals surface area contributed by atoms with Crippen LogP contribution in [0.5, 0.6) is 5.88 Å². The number of hydrogen-bond acceptors (Lipinski definition) is 5. The second-order valence-electron chi connectivity index (χ2n) is 4.15. The van der Waals surface area contributed by atoms with E-state index in [2.05, 4.69) is 14.7 Å². The Bertz CT molecular complexity index is 625. The Kier molecular flexibility index (Phi) is 5.49. The molecule has 0 radical (unpaired) electrons. The van der Waals surface area contributed by atoms with Crippen LogP contribution in [-0.2, 0) is 0 Å². The van der Waals surface area contributed by atoms with Gasteiger partial charge in [0.2, 0.25) is 5.88 Å². The normalized spacial score (nSPS) is 13.0. The fraction of sp³-hybridized carbons (Fsp3) is 0.231. The Hall–Kier alpha value is -1.51. The molecule has 1 atom stereocenters. The average Bonchev–Trinajstić information content (AvgIpc) is 2.48. The number of methoxy groups -OCH3 is 1. The zero-order chi connectivity index (χ0) is 16.2. The Morgan fingerprint density at radius 2 is 1.91 bits per heavy atom. The summed E-state index contributed by atoms with van der Waals surface area (Å²) in [7, 11) is 1.40. The van der Waals surface area contributed by atoms with Crippen molar-refractivity contribution in [3.05, 3.63) is 47.2 Å². The van der Waals surface area contributed by atoms with Gasteiger partial charge in [0.15, 0.2) is 0 Å². The van der Waals surface area contributed by atoms with Gasteiger partial charge in [-0.3, -0.25) is 4.98 Å². The van der Waals surface area contributed by atoms with Gasteiger partial charge >= 0.3 is 6.18 Å². The number of hydrogen-bond donors (Lipinski definition) is 1. The fourth-order valence-corrected chi connectivity index (χ4v) is 2.46. The lowest BCUT2D eigenvalue weighted by molar-refractivity contribution is -0.152. The van der Waals surface area contributed by atoms with Crippen molar-refractivity contribution in [3.63, 3.8) is 0 Å². The van der Waals surface area contributed by atoms with E-state index in [-0.39, 0.29) is 16.5 Å². The van der Waals surface area contributed by atoms with Crippen LogP contribution in [0.25, 0.3) is 0 Å². The van der Waals surface area contributed by atoms with Crippen LogP contribution in [0.3, 0.4) is 0 Å². The summed E-state index contributed by atoms with van der Waals surface area (Å²) < 4.78 is 46.8. The molecular formula is C13H11ClF3N3OS. The van der Waals surface area contributed by atoms with Crippen molar-refractivity contribution in [2.24, 2.45) is 0 Å². The van der Waals surface area contributed by atoms with Crippen LogP contribution < -0.4 is 9.46 Å². The molecule has 4 nitrogen and oxygen atoms in total. The molecule has 1 N–H and O–H groups in total. The number of aromatic nitrogens is 2. The number of nitrogens with zero attached hydrogens (tertiary/aromatic N) is 2. The third kappa shape index (κ3) is 4.49. The maximum Gasteiger partial charge on any atom is 0.408 e. The van der Waals surface area contributed by atoms with Gasteiger partial charge in [-0.15, -0.1) is 0 Å². The molecule has 0 aliphatic carbocycles. The summed E-state index contributed by atoms with van der Waals surface area (Å²) in [4.78, 5) is 7.81. The topological polar surface area (TPSA) is 47.0 Å². The minimum Gasteiger partial charge on any atom is -0.480 e. The molecule has 0 spiro atoms. The summed E-state index contributed by atoms with van der Waals surface area (Å²) in [6, 6.07) is 3.61. The van der Waals surface area contributed by atoms with Crippen molar-refractivity contribution in [2.45, 2.75) is 17.2 Å². The summed E-state index contributed by atoms with van der Waals surface area (Å²) >= 11 is 6.43. The highest BCUT2D eigenvalue weighted by molar-refractivity contribution is 7.97. The molecule has 0 amide bonds. The highest BCUT2D eigenvalue weighted by Gasteiger charge is 2.40. The highest BCUT2D eigenvalue weighted by Crippen LogP contribution is 2.35. The van der Waals surface area contributed by atoms with E-state index in [1.165, 1.54) is 43.8 Å². The van der Waals surface area contributed by atoms with E-state index in [0.29, 0.717) is 5.02 Å². The Morgan fingerprint density at radius 1 is 1.23 bits per heavy atom. The second kappa shape index (κ2) is 7.17. The molecule has 0 aliphatic heterocycles. The van der Waals surface area contributed by atoms with E-state index in [1.807, 2.05) is 0 Å². The van der Waals surface area contributed by atoms with Crippen LogP contribution >= 0.6 is 23.5 Å². The van der Waals surface area contributed by atoms with Crippen LogP contribution in [0.4, 0.5) is 13.2 Å². The second-order valence-corrected chi connectivity index (χ2v) is 5.44. The molecule has 1 unspecified atom stereocenters. The fourth-order valence-electron chi connectivity index (χ4n) is 1.58. The van der Waals surface area contributed by atoms with Crippen molar-refractivity contribution in [1.82, 2.24) is 14.7 Å². The van der Waals surface area contributed by atoms with Crippen LogP contribution in [-0.4, -0.2) is 23.3 Å². The van der Waals surface area contributed by atoms with Gasteiger partial charge < -0.3 is 4.74 Å². The van der Waals surface area contributed by atoms with Gasteiger partial charge in [-0.05, 0) is 29.6 Å². The molecule has 0 fully saturated rings. The predicted molar refractivity (Wildman–Crippen MR) is 77.8 cm³/mol. The molecule has 0 saturated heterocycles. The van der Waals surface area contributed by atoms with Gasteiger partial charge in [-0.1, -0.05) is 23.7 Å². The standard InChI is InChI=1S/C13H11ClF3N3OS/c1-21-10-6-18-7-11(19-10)22-20-12(13(15,16)17)8-2-4-9(14)5-3-8/h2-7,12,20H,1H3. The van der Waals surface area contributed by atoms with Crippen molar-refractivity contribution in [3.8, 4) is 5.88 Å². The number of nitrogens with one attached hydrogen (secondary N) is 1. The largest absolute Gasteiger partial charge is 0.480 e. The SMILES string of the molecule is COc1cncc(SNC(c2ccc(Cl)cc2)C(F)(F)F)n1. The first kappa shape index (κ1) is 16.9. The molecule has 1 aromatic carbocycles. The van der Waals surface area contributed by atoms with E-state index < -0.39 is 12.2 Å². The average molecular weight is 350 g/mol. The zero-order valence-electron chi connectivity index (χ0n) is 11.3. The molecule has 118 valence electrons. The molecule has 2 aromatic rings. The van der Waals surface area contributed by atoms with Crippen molar-refractivity contribution in [1.29, 1.82) is 0 Å². The van der Waals surface area contributed by atoms with Crippen LogP contribution in [0.2, 0.25) is 5.02 Å². The zero-order valence-corrected chi connectivity index (χ0v) is 12.8. The quantitative estimate of drug-likeness (QED) is 0.825. The summed E-state index contributed by atoms with van der Waals surface area (Å²) in [5, 5.41) is 0.638. The number of benzene rings is 1. The molecule has 9 heteroatoms. The number of rotatable bonds is 5. The van der Waals surface area contributed by atoms with Gasteiger partial charge in [0.25, 0.3) is 0 Å². The first-order chi connectivity index (χ1) is 10.4. The molecule has 2 rings (SSSR count). The predicted octanol–water partition coefficient (Wildman–Crippen LogP) is 4.04. The van der Waals surface area contributed by atoms with E-state index in [0.717, 1.165) is 11.9 Å². The lowest BCUT2D eigenvalue weighted by Gasteiger charge is -2.21. The Labute approximate surface area is 134 Å². The van der Waals surface area contributed by atoms with Crippen molar-refractivity contribution < 1.29 is 17.9 Å². The molecule has 1 aromatic heterocycles. The lowest BCUT2D eigenvalue weighted by Crippen LogP contribution is -2.30. The van der Waals surface area contributed by atoms with Gasteiger partial charge in [-0.2, -0.15) is 13.2 Å². The molecule has 0 saturated carbocycles. The summed E-state index contributed by atoms with van der Waals surface area (Å²) in [6.45, 7) is 0. The minimum atomic E-state index is -4.47. The molecular weight excluding hydrogens is 339 g/mol. The van der Waals surface area contributed by atoms with Crippen molar-refractivity contribution in [2.75, 3.05) is 7.11 Å². The van der Waals surface area contributed by atoms with Gasteiger partial charge in [0, 0.05) is 5.02 Å². The highest BCUT2D eigenvalue weighted by atomic mass is 35.5. The monoisotopic (exact) mass is 349 g/mol. The van der Waals surface area contributed by atoms with E-state index in [4.69, 9.17) is 16.3 Å². The maximum atomic E-state index is 13.2. The molecule has 1 heterocycles. The third-order valence-corrected chi connectivity index (χ3v) is 3.62. The van der Waals surface area contributed by atoms with E-state index in [1.54, 1.807) is 0 Å². The maximum absolute atomic E-state index is 13.2. The summed E-state index contributed by atoms with van der Waals surface area (Å²) in [5.74, 6) is 0.224. The molecule has 22 heavy (non-hydrogen) atoms. The molecule has 0 aliphatic rings. The van der Waals surface area contributed by atoms with Gasteiger partial charge in [0.1, 0.15) is 11.1 Å². The number of alkyl halides is 3. The molecule has 0 bridgehead atoms. The van der Waals surface area contributed by atoms with E-state index >= 15 is 0 Å². The summed E-state index contributed by atoms with van der Waals surface area (Å²) in [6.07, 6.45) is -1.76. The first-order valence-electron chi connectivity index (χ1n) is 6.00. The third-order valence-electron chi connectivity index (χ3n) is 2.61. The Balaban J connectivity index is 2.15. The lowest BCUT2D eigenvalue weighted by atomic mass is 10.1. The van der Waals surface area contributed by atoms with Crippen LogP contribution in [0.1, 0.15) is 11.6 Å². The van der Waals surface area contributed by atoms with E-state index in [9.17, 15) is 13.2 Å². The van der Waals surface area contributed by atoms with Crippen LogP contribution in [0, 0.1) is 0 Å². The number of ether oxygens (including phenoxy) is 1.